The molecule has 7 heteroatoms. The average molecular weight is 396 g/mol. The normalized spacial score (nSPS) is 13.1. The summed E-state index contributed by atoms with van der Waals surface area (Å²) in [6.45, 7) is 2.65. The SMILES string of the molecule is CCCN1C(=O)COc2cc(NC(=O)/C=C/c3ccc(OC)c(OC)c3)ccc21. The van der Waals surface area contributed by atoms with E-state index in [4.69, 9.17) is 14.2 Å². The van der Waals surface area contributed by atoms with Gasteiger partial charge in [0.2, 0.25) is 5.91 Å². The molecule has 1 N–H and O–H groups in total. The summed E-state index contributed by atoms with van der Waals surface area (Å²) in [6, 6.07) is 10.7. The molecule has 0 saturated carbocycles. The van der Waals surface area contributed by atoms with E-state index in [1.807, 2.05) is 13.0 Å². The van der Waals surface area contributed by atoms with Gasteiger partial charge in [-0.3, -0.25) is 9.59 Å². The summed E-state index contributed by atoms with van der Waals surface area (Å²) in [4.78, 5) is 26.0. The maximum atomic E-state index is 12.3. The first-order valence-electron chi connectivity index (χ1n) is 9.34. The Morgan fingerprint density at radius 1 is 1.17 bits per heavy atom. The van der Waals surface area contributed by atoms with Crippen molar-refractivity contribution in [3.63, 3.8) is 0 Å². The molecule has 2 amide bonds. The number of anilines is 2. The van der Waals surface area contributed by atoms with Crippen molar-refractivity contribution in [1.29, 1.82) is 0 Å². The minimum Gasteiger partial charge on any atom is -0.493 e. The van der Waals surface area contributed by atoms with E-state index in [0.29, 0.717) is 29.5 Å². The summed E-state index contributed by atoms with van der Waals surface area (Å²) < 4.78 is 16.0. The van der Waals surface area contributed by atoms with E-state index in [1.165, 1.54) is 6.08 Å². The van der Waals surface area contributed by atoms with Crippen molar-refractivity contribution >= 4 is 29.3 Å². The molecule has 1 aliphatic heterocycles. The topological polar surface area (TPSA) is 77.1 Å². The van der Waals surface area contributed by atoms with Crippen molar-refractivity contribution in [3.05, 3.63) is 48.0 Å². The summed E-state index contributed by atoms with van der Waals surface area (Å²) in [5.41, 5.74) is 2.12. The first-order valence-corrected chi connectivity index (χ1v) is 9.34. The summed E-state index contributed by atoms with van der Waals surface area (Å²) in [7, 11) is 3.13. The molecule has 0 aromatic heterocycles. The highest BCUT2D eigenvalue weighted by molar-refractivity contribution is 6.03. The zero-order valence-corrected chi connectivity index (χ0v) is 16.7. The van der Waals surface area contributed by atoms with Gasteiger partial charge in [-0.25, -0.2) is 0 Å². The van der Waals surface area contributed by atoms with Gasteiger partial charge in [0.25, 0.3) is 5.91 Å². The molecule has 2 aromatic carbocycles. The zero-order chi connectivity index (χ0) is 20.8. The number of nitrogens with one attached hydrogen (secondary N) is 1. The van der Waals surface area contributed by atoms with Crippen LogP contribution in [-0.4, -0.2) is 39.2 Å². The van der Waals surface area contributed by atoms with Crippen LogP contribution >= 0.6 is 0 Å². The molecule has 0 fully saturated rings. The summed E-state index contributed by atoms with van der Waals surface area (Å²) >= 11 is 0. The van der Waals surface area contributed by atoms with Gasteiger partial charge in [0.05, 0.1) is 19.9 Å². The van der Waals surface area contributed by atoms with Crippen molar-refractivity contribution in [1.82, 2.24) is 0 Å². The van der Waals surface area contributed by atoms with Gasteiger partial charge in [-0.15, -0.1) is 0 Å². The molecule has 2 aromatic rings. The lowest BCUT2D eigenvalue weighted by atomic mass is 10.2. The lowest BCUT2D eigenvalue weighted by Crippen LogP contribution is -2.39. The lowest BCUT2D eigenvalue weighted by molar-refractivity contribution is -0.121. The Balaban J connectivity index is 1.70. The molecular formula is C22H24N2O5. The molecule has 29 heavy (non-hydrogen) atoms. The fraction of sp³-hybridized carbons (Fsp3) is 0.273. The minimum absolute atomic E-state index is 0.00358. The first-order chi connectivity index (χ1) is 14.0. The highest BCUT2D eigenvalue weighted by atomic mass is 16.5. The number of hydrogen-bond donors (Lipinski definition) is 1. The van der Waals surface area contributed by atoms with Crippen molar-refractivity contribution < 1.29 is 23.8 Å². The molecule has 0 aliphatic carbocycles. The Bertz CT molecular complexity index is 939. The molecular weight excluding hydrogens is 372 g/mol. The molecule has 3 rings (SSSR count). The number of carbonyl (C=O) groups is 2. The third-order valence-electron chi connectivity index (χ3n) is 4.45. The predicted molar refractivity (Wildman–Crippen MR) is 112 cm³/mol. The molecule has 1 aliphatic rings. The van der Waals surface area contributed by atoms with Gasteiger partial charge >= 0.3 is 0 Å². The van der Waals surface area contributed by atoms with E-state index < -0.39 is 0 Å². The number of hydrogen-bond acceptors (Lipinski definition) is 5. The zero-order valence-electron chi connectivity index (χ0n) is 16.7. The van der Waals surface area contributed by atoms with E-state index >= 15 is 0 Å². The third kappa shape index (κ3) is 4.68. The molecule has 0 saturated heterocycles. The largest absolute Gasteiger partial charge is 0.493 e. The van der Waals surface area contributed by atoms with Crippen molar-refractivity contribution in [2.75, 3.05) is 37.6 Å². The number of amides is 2. The Morgan fingerprint density at radius 2 is 1.97 bits per heavy atom. The smallest absolute Gasteiger partial charge is 0.265 e. The number of ether oxygens (including phenoxy) is 3. The van der Waals surface area contributed by atoms with Crippen LogP contribution in [0.5, 0.6) is 17.2 Å². The summed E-state index contributed by atoms with van der Waals surface area (Å²) in [6.07, 6.45) is 3.98. The highest BCUT2D eigenvalue weighted by Gasteiger charge is 2.25. The number of benzene rings is 2. The first kappa shape index (κ1) is 20.3. The Labute approximate surface area is 169 Å². The Kier molecular flexibility index (Phi) is 6.39. The van der Waals surface area contributed by atoms with Crippen LogP contribution in [0.3, 0.4) is 0 Å². The van der Waals surface area contributed by atoms with Gasteiger partial charge < -0.3 is 24.4 Å². The summed E-state index contributed by atoms with van der Waals surface area (Å²) in [5.74, 6) is 1.46. The van der Waals surface area contributed by atoms with Crippen molar-refractivity contribution in [2.45, 2.75) is 13.3 Å². The second kappa shape index (κ2) is 9.14. The van der Waals surface area contributed by atoms with Crippen LogP contribution in [0.25, 0.3) is 6.08 Å². The Morgan fingerprint density at radius 3 is 2.69 bits per heavy atom. The molecule has 0 spiro atoms. The monoisotopic (exact) mass is 396 g/mol. The lowest BCUT2D eigenvalue weighted by Gasteiger charge is -2.29. The van der Waals surface area contributed by atoms with E-state index in [-0.39, 0.29) is 18.4 Å². The highest BCUT2D eigenvalue weighted by Crippen LogP contribution is 2.34. The van der Waals surface area contributed by atoms with Crippen LogP contribution in [0.2, 0.25) is 0 Å². The summed E-state index contributed by atoms with van der Waals surface area (Å²) in [5, 5.41) is 2.81. The molecule has 0 radical (unpaired) electrons. The minimum atomic E-state index is -0.281. The average Bonchev–Trinajstić information content (AvgIpc) is 2.74. The second-order valence-corrected chi connectivity index (χ2v) is 6.45. The number of carbonyl (C=O) groups excluding carboxylic acids is 2. The van der Waals surface area contributed by atoms with Gasteiger partial charge in [-0.1, -0.05) is 13.0 Å². The maximum absolute atomic E-state index is 12.3. The van der Waals surface area contributed by atoms with Crippen molar-refractivity contribution in [3.8, 4) is 17.2 Å². The molecule has 0 unspecified atom stereocenters. The van der Waals surface area contributed by atoms with Crippen LogP contribution in [0.4, 0.5) is 11.4 Å². The van der Waals surface area contributed by atoms with E-state index in [0.717, 1.165) is 17.7 Å². The molecule has 0 bridgehead atoms. The van der Waals surface area contributed by atoms with Gasteiger partial charge in [-0.2, -0.15) is 0 Å². The fourth-order valence-electron chi connectivity index (χ4n) is 3.06. The van der Waals surface area contributed by atoms with Crippen molar-refractivity contribution in [2.24, 2.45) is 0 Å². The predicted octanol–water partition coefficient (Wildman–Crippen LogP) is 3.49. The number of rotatable bonds is 7. The third-order valence-corrected chi connectivity index (χ3v) is 4.45. The standard InChI is InChI=1S/C22H24N2O5/c1-4-11-24-17-8-7-16(13-19(17)29-14-22(24)26)23-21(25)10-6-15-5-9-18(27-2)20(12-15)28-3/h5-10,12-13H,4,11,14H2,1-3H3,(H,23,25)/b10-6+. The van der Waals surface area contributed by atoms with Crippen LogP contribution < -0.4 is 24.4 Å². The number of fused-ring (bicyclic) bond motifs is 1. The number of nitrogens with zero attached hydrogens (tertiary/aromatic N) is 1. The maximum Gasteiger partial charge on any atom is 0.265 e. The molecule has 0 atom stereocenters. The van der Waals surface area contributed by atoms with Crippen LogP contribution in [-0.2, 0) is 9.59 Å². The molecule has 7 nitrogen and oxygen atoms in total. The van der Waals surface area contributed by atoms with Gasteiger partial charge in [0.15, 0.2) is 18.1 Å². The number of methoxy groups -OCH3 is 2. The Hall–Kier alpha value is -3.48. The van der Waals surface area contributed by atoms with Crippen LogP contribution in [0.15, 0.2) is 42.5 Å². The fourth-order valence-corrected chi connectivity index (χ4v) is 3.06. The molecule has 152 valence electrons. The quantitative estimate of drug-likeness (QED) is 0.725. The van der Waals surface area contributed by atoms with Gasteiger partial charge in [0.1, 0.15) is 5.75 Å². The van der Waals surface area contributed by atoms with E-state index in [1.54, 1.807) is 55.5 Å². The second-order valence-electron chi connectivity index (χ2n) is 6.45. The van der Waals surface area contributed by atoms with E-state index in [2.05, 4.69) is 5.32 Å². The van der Waals surface area contributed by atoms with Gasteiger partial charge in [0, 0.05) is 24.4 Å². The molecule has 1 heterocycles. The van der Waals surface area contributed by atoms with Crippen LogP contribution in [0, 0.1) is 0 Å². The van der Waals surface area contributed by atoms with E-state index in [9.17, 15) is 9.59 Å². The van der Waals surface area contributed by atoms with Crippen LogP contribution in [0.1, 0.15) is 18.9 Å². The van der Waals surface area contributed by atoms with Gasteiger partial charge in [-0.05, 0) is 42.3 Å².